The topological polar surface area (TPSA) is 66.5 Å². The van der Waals surface area contributed by atoms with E-state index in [1.165, 1.54) is 20.2 Å². The number of hydrogen-bond donors (Lipinski definition) is 1. The average Bonchev–Trinajstić information content (AvgIpc) is 2.38. The van der Waals surface area contributed by atoms with Crippen LogP contribution in [0.5, 0.6) is 0 Å². The van der Waals surface area contributed by atoms with Gasteiger partial charge in [-0.2, -0.15) is 0 Å². The van der Waals surface area contributed by atoms with Crippen molar-refractivity contribution in [2.24, 2.45) is 0 Å². The molecule has 0 spiro atoms. The molecule has 112 valence electrons. The van der Waals surface area contributed by atoms with Crippen LogP contribution >= 0.6 is 15.9 Å². The second-order valence-corrected chi connectivity index (χ2v) is 7.52. The molecule has 0 saturated carbocycles. The highest BCUT2D eigenvalue weighted by molar-refractivity contribution is 9.10. The number of rotatable bonds is 6. The molecule has 0 aliphatic heterocycles. The van der Waals surface area contributed by atoms with Crippen LogP contribution in [-0.2, 0) is 10.0 Å². The van der Waals surface area contributed by atoms with Gasteiger partial charge in [0.1, 0.15) is 0 Å². The fourth-order valence-electron chi connectivity index (χ4n) is 1.52. The van der Waals surface area contributed by atoms with E-state index in [4.69, 9.17) is 0 Å². The number of halogens is 1. The molecule has 1 aromatic carbocycles. The summed E-state index contributed by atoms with van der Waals surface area (Å²) in [6.07, 6.45) is 1.88. The summed E-state index contributed by atoms with van der Waals surface area (Å²) in [5, 5.41) is 2.76. The van der Waals surface area contributed by atoms with E-state index in [0.717, 1.165) is 17.1 Å². The van der Waals surface area contributed by atoms with E-state index in [-0.39, 0.29) is 10.8 Å². The Morgan fingerprint density at radius 3 is 2.55 bits per heavy atom. The number of unbranched alkanes of at least 4 members (excludes halogenated alkanes) is 1. The molecule has 1 rings (SSSR count). The molecule has 20 heavy (non-hydrogen) atoms. The van der Waals surface area contributed by atoms with Crippen LogP contribution in [0.4, 0.5) is 0 Å². The maximum atomic E-state index is 12.2. The predicted octanol–water partition coefficient (Wildman–Crippen LogP) is 2.23. The van der Waals surface area contributed by atoms with Gasteiger partial charge in [-0.05, 0) is 40.5 Å². The lowest BCUT2D eigenvalue weighted by molar-refractivity contribution is 0.0953. The maximum Gasteiger partial charge on any atom is 0.251 e. The normalized spacial score (nSPS) is 11.7. The third kappa shape index (κ3) is 4.04. The lowest BCUT2D eigenvalue weighted by Gasteiger charge is -2.14. The molecule has 1 amide bonds. The lowest BCUT2D eigenvalue weighted by atomic mass is 10.2. The Morgan fingerprint density at radius 1 is 1.35 bits per heavy atom. The largest absolute Gasteiger partial charge is 0.352 e. The molecule has 0 saturated heterocycles. The van der Waals surface area contributed by atoms with E-state index in [9.17, 15) is 13.2 Å². The molecule has 0 radical (unpaired) electrons. The number of hydrogen-bond acceptors (Lipinski definition) is 3. The van der Waals surface area contributed by atoms with Gasteiger partial charge in [0.05, 0.1) is 4.90 Å². The monoisotopic (exact) mass is 362 g/mol. The lowest BCUT2D eigenvalue weighted by Crippen LogP contribution is -2.26. The summed E-state index contributed by atoms with van der Waals surface area (Å²) in [5.74, 6) is -0.263. The fraction of sp³-hybridized carbons (Fsp3) is 0.462. The predicted molar refractivity (Wildman–Crippen MR) is 82.3 cm³/mol. The molecule has 0 aromatic heterocycles. The van der Waals surface area contributed by atoms with Crippen molar-refractivity contribution in [2.75, 3.05) is 20.6 Å². The van der Waals surface area contributed by atoms with Gasteiger partial charge in [-0.15, -0.1) is 0 Å². The molecule has 1 N–H and O–H groups in total. The Labute approximate surface area is 128 Å². The first-order valence-corrected chi connectivity index (χ1v) is 8.54. The highest BCUT2D eigenvalue weighted by Gasteiger charge is 2.22. The van der Waals surface area contributed by atoms with E-state index < -0.39 is 10.0 Å². The van der Waals surface area contributed by atoms with Crippen molar-refractivity contribution in [3.8, 4) is 0 Å². The van der Waals surface area contributed by atoms with Crippen molar-refractivity contribution in [1.29, 1.82) is 0 Å². The van der Waals surface area contributed by atoms with E-state index in [0.29, 0.717) is 16.6 Å². The third-order valence-corrected chi connectivity index (χ3v) is 5.58. The molecule has 0 fully saturated rings. The van der Waals surface area contributed by atoms with E-state index >= 15 is 0 Å². The minimum Gasteiger partial charge on any atom is -0.352 e. The Balaban J connectivity index is 3.06. The summed E-state index contributed by atoms with van der Waals surface area (Å²) in [6, 6.07) is 4.56. The van der Waals surface area contributed by atoms with Gasteiger partial charge in [0.2, 0.25) is 10.0 Å². The molecular formula is C13H19BrN2O3S. The van der Waals surface area contributed by atoms with Crippen molar-refractivity contribution in [3.63, 3.8) is 0 Å². The van der Waals surface area contributed by atoms with Gasteiger partial charge in [0.15, 0.2) is 0 Å². The molecule has 0 aliphatic rings. The smallest absolute Gasteiger partial charge is 0.251 e. The number of sulfonamides is 1. The Bertz CT molecular complexity index is 585. The van der Waals surface area contributed by atoms with Gasteiger partial charge in [0, 0.05) is 30.7 Å². The van der Waals surface area contributed by atoms with Gasteiger partial charge in [-0.25, -0.2) is 12.7 Å². The first-order valence-electron chi connectivity index (χ1n) is 6.31. The van der Waals surface area contributed by atoms with E-state index in [1.807, 2.05) is 6.92 Å². The SMILES string of the molecule is CCCCNC(=O)c1ccc(Br)c(S(=O)(=O)N(C)C)c1. The first kappa shape index (κ1) is 17.1. The van der Waals surface area contributed by atoms with Gasteiger partial charge < -0.3 is 5.32 Å². The zero-order valence-electron chi connectivity index (χ0n) is 11.8. The maximum absolute atomic E-state index is 12.2. The van der Waals surface area contributed by atoms with Gasteiger partial charge in [-0.3, -0.25) is 4.79 Å². The Hall–Kier alpha value is -0.920. The highest BCUT2D eigenvalue weighted by Crippen LogP contribution is 2.25. The summed E-state index contributed by atoms with van der Waals surface area (Å²) >= 11 is 3.21. The van der Waals surface area contributed by atoms with E-state index in [2.05, 4.69) is 21.2 Å². The van der Waals surface area contributed by atoms with Crippen LogP contribution in [0.3, 0.4) is 0 Å². The molecule has 0 bridgehead atoms. The van der Waals surface area contributed by atoms with Crippen molar-refractivity contribution in [2.45, 2.75) is 24.7 Å². The van der Waals surface area contributed by atoms with Crippen molar-refractivity contribution in [3.05, 3.63) is 28.2 Å². The summed E-state index contributed by atoms with van der Waals surface area (Å²) in [4.78, 5) is 12.0. The second kappa shape index (κ2) is 7.19. The van der Waals surface area contributed by atoms with Crippen molar-refractivity contribution in [1.82, 2.24) is 9.62 Å². The molecule has 7 heteroatoms. The van der Waals surface area contributed by atoms with Crippen LogP contribution in [0.1, 0.15) is 30.1 Å². The Kier molecular flexibility index (Phi) is 6.16. The molecular weight excluding hydrogens is 344 g/mol. The summed E-state index contributed by atoms with van der Waals surface area (Å²) < 4.78 is 25.9. The molecule has 1 aromatic rings. The zero-order valence-corrected chi connectivity index (χ0v) is 14.2. The van der Waals surface area contributed by atoms with Gasteiger partial charge >= 0.3 is 0 Å². The fourth-order valence-corrected chi connectivity index (χ4v) is 3.36. The van der Waals surface area contributed by atoms with Crippen LogP contribution in [0.2, 0.25) is 0 Å². The second-order valence-electron chi connectivity index (χ2n) is 4.54. The van der Waals surface area contributed by atoms with Crippen LogP contribution in [0.25, 0.3) is 0 Å². The molecule has 0 unspecified atom stereocenters. The van der Waals surface area contributed by atoms with E-state index in [1.54, 1.807) is 12.1 Å². The number of carbonyl (C=O) groups is 1. The third-order valence-electron chi connectivity index (χ3n) is 2.77. The van der Waals surface area contributed by atoms with Crippen LogP contribution in [0, 0.1) is 0 Å². The quantitative estimate of drug-likeness (QED) is 0.789. The minimum atomic E-state index is -3.58. The first-order chi connectivity index (χ1) is 9.30. The highest BCUT2D eigenvalue weighted by atomic mass is 79.9. The van der Waals surface area contributed by atoms with Gasteiger partial charge in [-0.1, -0.05) is 13.3 Å². The summed E-state index contributed by atoms with van der Waals surface area (Å²) in [7, 11) is -0.674. The zero-order chi connectivity index (χ0) is 15.3. The van der Waals surface area contributed by atoms with Crippen LogP contribution < -0.4 is 5.32 Å². The number of amides is 1. The summed E-state index contributed by atoms with van der Waals surface area (Å²) in [6.45, 7) is 2.62. The standard InChI is InChI=1S/C13H19BrN2O3S/c1-4-5-8-15-13(17)10-6-7-11(14)12(9-10)20(18,19)16(2)3/h6-7,9H,4-5,8H2,1-3H3,(H,15,17). The number of benzene rings is 1. The molecule has 5 nitrogen and oxygen atoms in total. The number of nitrogens with one attached hydrogen (secondary N) is 1. The van der Waals surface area contributed by atoms with Crippen molar-refractivity contribution >= 4 is 31.9 Å². The number of carbonyl (C=O) groups excluding carboxylic acids is 1. The van der Waals surface area contributed by atoms with Crippen molar-refractivity contribution < 1.29 is 13.2 Å². The summed E-state index contributed by atoms with van der Waals surface area (Å²) in [5.41, 5.74) is 0.338. The van der Waals surface area contributed by atoms with Gasteiger partial charge in [0.25, 0.3) is 5.91 Å². The Morgan fingerprint density at radius 2 is 2.00 bits per heavy atom. The molecule has 0 aliphatic carbocycles. The van der Waals surface area contributed by atoms with Crippen LogP contribution in [0.15, 0.2) is 27.6 Å². The van der Waals surface area contributed by atoms with Crippen LogP contribution in [-0.4, -0.2) is 39.3 Å². The average molecular weight is 363 g/mol. The molecule has 0 atom stereocenters. The minimum absolute atomic E-state index is 0.0886. The molecule has 0 heterocycles. The number of nitrogens with zero attached hydrogens (tertiary/aromatic N) is 1.